The van der Waals surface area contributed by atoms with Crippen LogP contribution < -0.4 is 0 Å². The van der Waals surface area contributed by atoms with Crippen molar-refractivity contribution in [3.63, 3.8) is 0 Å². The summed E-state index contributed by atoms with van der Waals surface area (Å²) in [6, 6.07) is 12.2. The van der Waals surface area contributed by atoms with Gasteiger partial charge in [-0.05, 0) is 11.6 Å². The molecule has 1 aliphatic carbocycles. The number of nitriles is 2. The van der Waals surface area contributed by atoms with Crippen LogP contribution in [0.2, 0.25) is 0 Å². The third kappa shape index (κ3) is 2.17. The number of oxazole rings is 1. The molecule has 0 bridgehead atoms. The number of furan rings is 1. The van der Waals surface area contributed by atoms with Gasteiger partial charge >= 0.3 is 0 Å². The fraction of sp³-hybridized carbons (Fsp3) is 0.0526. The van der Waals surface area contributed by atoms with E-state index >= 15 is 0 Å². The van der Waals surface area contributed by atoms with E-state index < -0.39 is 0 Å². The van der Waals surface area contributed by atoms with Gasteiger partial charge in [-0.3, -0.25) is 4.79 Å². The number of allylic oxidation sites excluding steroid dienone is 3. The van der Waals surface area contributed by atoms with E-state index in [0.29, 0.717) is 39.6 Å². The Morgan fingerprint density at radius 3 is 2.56 bits per heavy atom. The van der Waals surface area contributed by atoms with Crippen molar-refractivity contribution in [2.45, 2.75) is 6.92 Å². The van der Waals surface area contributed by atoms with Crippen LogP contribution in [0, 0.1) is 29.6 Å². The smallest absolute Gasteiger partial charge is 0.266 e. The Labute approximate surface area is 141 Å². The van der Waals surface area contributed by atoms with Crippen LogP contribution in [0.5, 0.6) is 0 Å². The van der Waals surface area contributed by atoms with Crippen LogP contribution in [0.4, 0.5) is 0 Å². The lowest BCUT2D eigenvalue weighted by Crippen LogP contribution is -1.95. The molecule has 0 saturated heterocycles. The van der Waals surface area contributed by atoms with Crippen molar-refractivity contribution in [3.8, 4) is 12.1 Å². The van der Waals surface area contributed by atoms with Gasteiger partial charge in [-0.15, -0.1) is 0 Å². The summed E-state index contributed by atoms with van der Waals surface area (Å²) >= 11 is 0. The molecule has 0 aliphatic heterocycles. The van der Waals surface area contributed by atoms with E-state index in [0.717, 1.165) is 0 Å². The van der Waals surface area contributed by atoms with Crippen molar-refractivity contribution in [1.82, 2.24) is 4.98 Å². The molecule has 25 heavy (non-hydrogen) atoms. The molecule has 118 valence electrons. The molecule has 2 heterocycles. The van der Waals surface area contributed by atoms with Crippen LogP contribution in [0.25, 0.3) is 22.9 Å². The lowest BCUT2D eigenvalue weighted by molar-refractivity contribution is 0.104. The number of Topliss-reactive ketones (excluding diaryl/α,β-unsaturated/α-hetero) is 1. The van der Waals surface area contributed by atoms with E-state index in [4.69, 9.17) is 8.83 Å². The van der Waals surface area contributed by atoms with Crippen molar-refractivity contribution in [1.29, 1.82) is 10.5 Å². The summed E-state index contributed by atoms with van der Waals surface area (Å²) in [4.78, 5) is 16.8. The average molecular weight is 327 g/mol. The standard InChI is InChI=1S/C19H9N3O3/c1-10-22-19-16(24-10)7-12(25-19)6-15-17(11(8-20)9-21)13-4-2-3-5-14(13)18(15)23/h2-7H,1H3/b15-6-. The van der Waals surface area contributed by atoms with E-state index in [-0.39, 0.29) is 16.9 Å². The highest BCUT2D eigenvalue weighted by Gasteiger charge is 2.32. The Hall–Kier alpha value is -3.90. The molecule has 0 fully saturated rings. The second-order valence-corrected chi connectivity index (χ2v) is 5.46. The highest BCUT2D eigenvalue weighted by atomic mass is 16.4. The molecule has 4 rings (SSSR count). The first kappa shape index (κ1) is 14.7. The summed E-state index contributed by atoms with van der Waals surface area (Å²) in [7, 11) is 0. The van der Waals surface area contributed by atoms with Gasteiger partial charge in [0.25, 0.3) is 5.71 Å². The minimum atomic E-state index is -0.259. The number of hydrogen-bond acceptors (Lipinski definition) is 6. The normalized spacial score (nSPS) is 14.6. The monoisotopic (exact) mass is 327 g/mol. The summed E-state index contributed by atoms with van der Waals surface area (Å²) in [5.74, 6) is 0.588. The van der Waals surface area contributed by atoms with Crippen molar-refractivity contribution in [2.75, 3.05) is 0 Å². The molecular formula is C19H9N3O3. The van der Waals surface area contributed by atoms with Gasteiger partial charge in [-0.1, -0.05) is 24.3 Å². The van der Waals surface area contributed by atoms with Crippen molar-refractivity contribution < 1.29 is 13.6 Å². The van der Waals surface area contributed by atoms with Gasteiger partial charge in [-0.25, -0.2) is 0 Å². The number of aryl methyl sites for hydroxylation is 1. The quantitative estimate of drug-likeness (QED) is 0.497. The zero-order chi connectivity index (χ0) is 17.6. The Morgan fingerprint density at radius 1 is 1.16 bits per heavy atom. The first-order valence-electron chi connectivity index (χ1n) is 7.40. The maximum Gasteiger partial charge on any atom is 0.266 e. The van der Waals surface area contributed by atoms with Gasteiger partial charge in [0.1, 0.15) is 23.5 Å². The summed E-state index contributed by atoms with van der Waals surface area (Å²) in [6.45, 7) is 1.71. The number of aromatic nitrogens is 1. The molecule has 0 spiro atoms. The third-order valence-corrected chi connectivity index (χ3v) is 3.93. The molecule has 6 nitrogen and oxygen atoms in total. The third-order valence-electron chi connectivity index (χ3n) is 3.93. The van der Waals surface area contributed by atoms with E-state index in [1.807, 2.05) is 12.1 Å². The maximum atomic E-state index is 12.8. The van der Waals surface area contributed by atoms with Gasteiger partial charge < -0.3 is 8.83 Å². The predicted octanol–water partition coefficient (Wildman–Crippen LogP) is 3.81. The van der Waals surface area contributed by atoms with Crippen LogP contribution in [0.3, 0.4) is 0 Å². The Kier molecular flexibility index (Phi) is 3.13. The average Bonchev–Trinajstić information content (AvgIpc) is 3.21. The highest BCUT2D eigenvalue weighted by molar-refractivity contribution is 6.29. The fourth-order valence-electron chi connectivity index (χ4n) is 2.92. The SMILES string of the molecule is Cc1nc2oc(/C=C3\C(=O)c4ccccc4C3=C(C#N)C#N)cc2o1. The largest absolute Gasteiger partial charge is 0.437 e. The maximum absolute atomic E-state index is 12.8. The van der Waals surface area contributed by atoms with Gasteiger partial charge in [0.15, 0.2) is 17.3 Å². The predicted molar refractivity (Wildman–Crippen MR) is 87.9 cm³/mol. The number of carbonyl (C=O) groups excluding carboxylic acids is 1. The van der Waals surface area contributed by atoms with Crippen molar-refractivity contribution in [3.05, 3.63) is 64.3 Å². The first-order valence-corrected chi connectivity index (χ1v) is 7.40. The summed E-state index contributed by atoms with van der Waals surface area (Å²) in [5, 5.41) is 18.6. The molecule has 0 radical (unpaired) electrons. The van der Waals surface area contributed by atoms with Gasteiger partial charge in [0.2, 0.25) is 0 Å². The molecule has 1 aliphatic rings. The van der Waals surface area contributed by atoms with Crippen LogP contribution in [-0.4, -0.2) is 10.8 Å². The molecule has 0 amide bonds. The molecule has 0 unspecified atom stereocenters. The molecular weight excluding hydrogens is 318 g/mol. The lowest BCUT2D eigenvalue weighted by Gasteiger charge is -2.00. The Morgan fingerprint density at radius 2 is 1.88 bits per heavy atom. The number of rotatable bonds is 1. The second-order valence-electron chi connectivity index (χ2n) is 5.46. The van der Waals surface area contributed by atoms with Crippen LogP contribution in [0.1, 0.15) is 27.6 Å². The minimum absolute atomic E-state index is 0.117. The first-order chi connectivity index (χ1) is 12.1. The number of carbonyl (C=O) groups is 1. The van der Waals surface area contributed by atoms with E-state index in [9.17, 15) is 15.3 Å². The van der Waals surface area contributed by atoms with Gasteiger partial charge in [-0.2, -0.15) is 15.5 Å². The van der Waals surface area contributed by atoms with Crippen molar-refractivity contribution in [2.24, 2.45) is 0 Å². The summed E-state index contributed by atoms with van der Waals surface area (Å²) < 4.78 is 11.0. The minimum Gasteiger partial charge on any atom is -0.437 e. The Bertz CT molecular complexity index is 1150. The number of nitrogens with zero attached hydrogens (tertiary/aromatic N) is 3. The molecule has 0 saturated carbocycles. The second kappa shape index (κ2) is 5.33. The Balaban J connectivity index is 1.95. The van der Waals surface area contributed by atoms with E-state index in [1.54, 1.807) is 37.3 Å². The number of benzene rings is 1. The zero-order valence-corrected chi connectivity index (χ0v) is 13.0. The van der Waals surface area contributed by atoms with Gasteiger partial charge in [0, 0.05) is 29.7 Å². The fourth-order valence-corrected chi connectivity index (χ4v) is 2.92. The van der Waals surface area contributed by atoms with E-state index in [2.05, 4.69) is 4.98 Å². The number of hydrogen-bond donors (Lipinski definition) is 0. The lowest BCUT2D eigenvalue weighted by atomic mass is 9.99. The van der Waals surface area contributed by atoms with Crippen LogP contribution in [0.15, 0.2) is 50.3 Å². The molecule has 1 aromatic carbocycles. The highest BCUT2D eigenvalue weighted by Crippen LogP contribution is 2.40. The molecule has 3 aromatic rings. The van der Waals surface area contributed by atoms with Crippen LogP contribution in [-0.2, 0) is 0 Å². The molecule has 0 atom stereocenters. The zero-order valence-electron chi connectivity index (χ0n) is 13.0. The number of ketones is 1. The molecule has 2 aromatic heterocycles. The summed E-state index contributed by atoms with van der Waals surface area (Å²) in [5.41, 5.74) is 2.28. The molecule has 6 heteroatoms. The number of fused-ring (bicyclic) bond motifs is 2. The topological polar surface area (TPSA) is 104 Å². The summed E-state index contributed by atoms with van der Waals surface area (Å²) in [6.07, 6.45) is 1.51. The molecule has 0 N–H and O–H groups in total. The van der Waals surface area contributed by atoms with Crippen molar-refractivity contribution >= 4 is 28.7 Å². The van der Waals surface area contributed by atoms with E-state index in [1.165, 1.54) is 6.08 Å². The van der Waals surface area contributed by atoms with Gasteiger partial charge in [0.05, 0.1) is 0 Å². The van der Waals surface area contributed by atoms with Crippen LogP contribution >= 0.6 is 0 Å².